The van der Waals surface area contributed by atoms with Gasteiger partial charge >= 0.3 is 0 Å². The molecular weight excluding hydrogens is 154 g/mol. The number of para-hydroxylation sites is 1. The molecule has 0 aliphatic carbocycles. The summed E-state index contributed by atoms with van der Waals surface area (Å²) in [5.74, 6) is 0.857. The zero-order valence-electron chi connectivity index (χ0n) is 6.24. The van der Waals surface area contributed by atoms with Gasteiger partial charge in [0, 0.05) is 11.2 Å². The Bertz CT molecular complexity index is 361. The van der Waals surface area contributed by atoms with Gasteiger partial charge in [-0.3, -0.25) is 0 Å². The van der Waals surface area contributed by atoms with Gasteiger partial charge in [-0.2, -0.15) is 0 Å². The van der Waals surface area contributed by atoms with Gasteiger partial charge in [0.05, 0.1) is 0 Å². The lowest BCUT2D eigenvalue weighted by atomic mass is 10.1. The smallest absolute Gasteiger partial charge is 0.215 e. The van der Waals surface area contributed by atoms with Crippen LogP contribution in [0.5, 0.6) is 5.75 Å². The van der Waals surface area contributed by atoms with E-state index < -0.39 is 0 Å². The first-order valence-corrected chi connectivity index (χ1v) is 3.76. The van der Waals surface area contributed by atoms with Crippen molar-refractivity contribution in [3.8, 4) is 5.75 Å². The molecule has 2 aliphatic rings. The molecule has 4 heteroatoms. The molecule has 1 aromatic rings. The normalized spacial score (nSPS) is 22.8. The summed E-state index contributed by atoms with van der Waals surface area (Å²) < 4.78 is 0. The van der Waals surface area contributed by atoms with Gasteiger partial charge < -0.3 is 10.3 Å². The number of quaternary nitrogens is 1. The summed E-state index contributed by atoms with van der Waals surface area (Å²) >= 11 is 0. The highest BCUT2D eigenvalue weighted by atomic mass is 16.7. The number of hydrogen-bond acceptors (Lipinski definition) is 2. The van der Waals surface area contributed by atoms with Crippen molar-refractivity contribution in [3.05, 3.63) is 35.4 Å². The number of hydrogen-bond donors (Lipinski definition) is 2. The maximum atomic E-state index is 5.20. The number of nitrogens with zero attached hydrogens (tertiary/aromatic N) is 1. The standard InChI is InChI=1S/C8H7N3O/c1-2-6-4-5-9-11-8(6)7(3-1)12-10-11/h1-5,10-11H. The van der Waals surface area contributed by atoms with Crippen molar-refractivity contribution in [1.29, 1.82) is 0 Å². The monoisotopic (exact) mass is 161 g/mol. The maximum absolute atomic E-state index is 5.20. The molecule has 0 fully saturated rings. The molecule has 0 spiro atoms. The topological polar surface area (TPSA) is 39.8 Å². The van der Waals surface area contributed by atoms with E-state index in [4.69, 9.17) is 4.84 Å². The zero-order valence-corrected chi connectivity index (χ0v) is 6.24. The summed E-state index contributed by atoms with van der Waals surface area (Å²) in [5, 5.41) is 0.808. The minimum Gasteiger partial charge on any atom is -0.467 e. The molecule has 0 saturated heterocycles. The molecule has 0 aromatic heterocycles. The van der Waals surface area contributed by atoms with Crippen LogP contribution in [-0.2, 0) is 0 Å². The van der Waals surface area contributed by atoms with Crippen molar-refractivity contribution < 1.29 is 9.96 Å². The quantitative estimate of drug-likeness (QED) is 0.574. The molecule has 12 heavy (non-hydrogen) atoms. The van der Waals surface area contributed by atoms with Crippen molar-refractivity contribution in [3.63, 3.8) is 0 Å². The van der Waals surface area contributed by atoms with E-state index in [1.54, 1.807) is 6.20 Å². The van der Waals surface area contributed by atoms with Crippen molar-refractivity contribution in [1.82, 2.24) is 5.59 Å². The van der Waals surface area contributed by atoms with Gasteiger partial charge in [-0.15, -0.1) is 6.20 Å². The molecular formula is C8H7N3O. The lowest BCUT2D eigenvalue weighted by Crippen LogP contribution is -3.09. The van der Waals surface area contributed by atoms with Gasteiger partial charge in [0.2, 0.25) is 11.4 Å². The Morgan fingerprint density at radius 3 is 3.42 bits per heavy atom. The van der Waals surface area contributed by atoms with E-state index in [1.807, 2.05) is 24.3 Å². The van der Waals surface area contributed by atoms with Gasteiger partial charge in [0.1, 0.15) is 0 Å². The fourth-order valence-electron chi connectivity index (χ4n) is 1.46. The van der Waals surface area contributed by atoms with Crippen LogP contribution in [0.4, 0.5) is 5.69 Å². The highest BCUT2D eigenvalue weighted by Gasteiger charge is 2.25. The minimum atomic E-state index is 0.808. The molecule has 0 radical (unpaired) electrons. The molecule has 2 heterocycles. The molecule has 1 unspecified atom stereocenters. The van der Waals surface area contributed by atoms with Crippen LogP contribution in [0.2, 0.25) is 0 Å². The van der Waals surface area contributed by atoms with E-state index in [1.165, 1.54) is 0 Å². The fourth-order valence-corrected chi connectivity index (χ4v) is 1.46. The molecule has 1 aromatic carbocycles. The Morgan fingerprint density at radius 1 is 1.42 bits per heavy atom. The van der Waals surface area contributed by atoms with Crippen LogP contribution in [0.1, 0.15) is 5.56 Å². The lowest BCUT2D eigenvalue weighted by Gasteiger charge is -2.24. The number of benzene rings is 1. The summed E-state index contributed by atoms with van der Waals surface area (Å²) in [4.78, 5) is 5.20. The van der Waals surface area contributed by atoms with Crippen LogP contribution in [-0.4, -0.2) is 0 Å². The van der Waals surface area contributed by atoms with Crippen LogP contribution in [0.3, 0.4) is 0 Å². The summed E-state index contributed by atoms with van der Waals surface area (Å²) in [5.41, 5.74) is 9.13. The second-order valence-corrected chi connectivity index (χ2v) is 2.72. The molecule has 3 rings (SSSR count). The Labute approximate surface area is 69.3 Å². The van der Waals surface area contributed by atoms with Gasteiger partial charge in [-0.1, -0.05) is 12.1 Å². The minimum absolute atomic E-state index is 0.808. The van der Waals surface area contributed by atoms with E-state index in [-0.39, 0.29) is 0 Å². The second-order valence-electron chi connectivity index (χ2n) is 2.72. The highest BCUT2D eigenvalue weighted by Crippen LogP contribution is 2.29. The zero-order chi connectivity index (χ0) is 7.97. The third-order valence-electron chi connectivity index (χ3n) is 2.01. The summed E-state index contributed by atoms with van der Waals surface area (Å²) in [7, 11) is 0. The Kier molecular flexibility index (Phi) is 1.01. The molecule has 4 nitrogen and oxygen atoms in total. The van der Waals surface area contributed by atoms with Crippen LogP contribution < -0.4 is 15.5 Å². The molecule has 0 saturated carbocycles. The largest absolute Gasteiger partial charge is 0.467 e. The molecule has 0 amide bonds. The van der Waals surface area contributed by atoms with Crippen LogP contribution in [0.25, 0.3) is 11.5 Å². The lowest BCUT2D eigenvalue weighted by molar-refractivity contribution is -0.856. The van der Waals surface area contributed by atoms with Crippen molar-refractivity contribution >= 4 is 11.8 Å². The van der Waals surface area contributed by atoms with Gasteiger partial charge in [-0.25, -0.2) is 5.12 Å². The average molecular weight is 161 g/mol. The molecule has 0 bridgehead atoms. The second kappa shape index (κ2) is 2.00. The molecule has 1 atom stereocenters. The first-order chi connectivity index (χ1) is 5.95. The Hall–Kier alpha value is -1.52. The van der Waals surface area contributed by atoms with E-state index in [2.05, 4.69) is 11.0 Å². The third kappa shape index (κ3) is 0.628. The van der Waals surface area contributed by atoms with Crippen molar-refractivity contribution in [2.24, 2.45) is 0 Å². The van der Waals surface area contributed by atoms with E-state index in [9.17, 15) is 0 Å². The van der Waals surface area contributed by atoms with Crippen molar-refractivity contribution in [2.75, 3.05) is 0 Å². The molecule has 60 valence electrons. The Morgan fingerprint density at radius 2 is 2.42 bits per heavy atom. The summed E-state index contributed by atoms with van der Waals surface area (Å²) in [6.07, 6.45) is 3.74. The first-order valence-electron chi connectivity index (χ1n) is 3.76. The molecule has 2 N–H and O–H groups in total. The van der Waals surface area contributed by atoms with Crippen LogP contribution in [0, 0.1) is 0 Å². The van der Waals surface area contributed by atoms with Gasteiger partial charge in [-0.05, 0) is 12.1 Å². The van der Waals surface area contributed by atoms with Gasteiger partial charge in [0.25, 0.3) is 0 Å². The van der Waals surface area contributed by atoms with E-state index in [0.717, 1.165) is 22.1 Å². The number of nitrogens with one attached hydrogen (secondary N) is 2. The Balaban J connectivity index is 2.30. The van der Waals surface area contributed by atoms with E-state index >= 15 is 0 Å². The van der Waals surface area contributed by atoms with E-state index in [0.29, 0.717) is 0 Å². The third-order valence-corrected chi connectivity index (χ3v) is 2.01. The van der Waals surface area contributed by atoms with Crippen molar-refractivity contribution in [2.45, 2.75) is 0 Å². The summed E-state index contributed by atoms with van der Waals surface area (Å²) in [6, 6.07) is 5.93. The van der Waals surface area contributed by atoms with Crippen LogP contribution in [0.15, 0.2) is 24.4 Å². The van der Waals surface area contributed by atoms with Crippen LogP contribution >= 0.6 is 0 Å². The molecule has 2 aliphatic heterocycles. The highest BCUT2D eigenvalue weighted by molar-refractivity contribution is 5.69. The maximum Gasteiger partial charge on any atom is 0.215 e. The first kappa shape index (κ1) is 6.05. The van der Waals surface area contributed by atoms with Gasteiger partial charge in [0.15, 0.2) is 0 Å². The average Bonchev–Trinajstić information content (AvgIpc) is 2.52. The fraction of sp³-hybridized carbons (Fsp3) is 0. The summed E-state index contributed by atoms with van der Waals surface area (Å²) in [6.45, 7) is 0. The number of rotatable bonds is 0. The SMILES string of the molecule is C1=Cc2cccc3c2[NH+]([N-]1)NO3. The predicted octanol–water partition coefficient (Wildman–Crippen LogP) is 0.288. The predicted molar refractivity (Wildman–Crippen MR) is 43.2 cm³/mol.